The van der Waals surface area contributed by atoms with Gasteiger partial charge in [-0.1, -0.05) is 12.1 Å². The normalized spacial score (nSPS) is 18.7. The summed E-state index contributed by atoms with van der Waals surface area (Å²) in [4.78, 5) is 16.2. The van der Waals surface area contributed by atoms with E-state index in [1.165, 1.54) is 5.69 Å². The lowest BCUT2D eigenvalue weighted by atomic mass is 10.1. The number of amides is 1. The van der Waals surface area contributed by atoms with E-state index >= 15 is 0 Å². The Hall–Kier alpha value is -1.91. The summed E-state index contributed by atoms with van der Waals surface area (Å²) in [6.07, 6.45) is 2.78. The van der Waals surface area contributed by atoms with E-state index in [1.807, 2.05) is 25.7 Å². The van der Waals surface area contributed by atoms with Gasteiger partial charge in [0.2, 0.25) is 0 Å². The molecule has 0 aliphatic carbocycles. The van der Waals surface area contributed by atoms with E-state index < -0.39 is 5.60 Å². The van der Waals surface area contributed by atoms with Crippen LogP contribution in [-0.4, -0.2) is 49.8 Å². The van der Waals surface area contributed by atoms with Crippen LogP contribution in [0.5, 0.6) is 0 Å². The Bertz CT molecular complexity index is 552. The molecule has 0 saturated carbocycles. The first-order valence-electron chi connectivity index (χ1n) is 8.77. The van der Waals surface area contributed by atoms with E-state index in [0.717, 1.165) is 38.0 Å². The molecule has 1 aromatic rings. The van der Waals surface area contributed by atoms with Crippen LogP contribution in [0.2, 0.25) is 0 Å². The molecule has 0 radical (unpaired) electrons. The zero-order valence-corrected chi connectivity index (χ0v) is 15.6. The number of rotatable bonds is 3. The topological polar surface area (TPSA) is 44.8 Å². The van der Waals surface area contributed by atoms with Crippen molar-refractivity contribution < 1.29 is 9.53 Å². The van der Waals surface area contributed by atoms with Gasteiger partial charge in [0.25, 0.3) is 0 Å². The Morgan fingerprint density at radius 3 is 2.58 bits per heavy atom. The molecular formula is C19H31N3O2. The first-order valence-corrected chi connectivity index (χ1v) is 8.77. The van der Waals surface area contributed by atoms with E-state index in [2.05, 4.69) is 48.6 Å². The highest BCUT2D eigenvalue weighted by Crippen LogP contribution is 2.26. The second-order valence-electron chi connectivity index (χ2n) is 7.65. The number of likely N-dealkylation sites (tertiary alicyclic amines) is 1. The van der Waals surface area contributed by atoms with Gasteiger partial charge >= 0.3 is 6.09 Å². The van der Waals surface area contributed by atoms with E-state index in [-0.39, 0.29) is 6.09 Å². The van der Waals surface area contributed by atoms with Gasteiger partial charge in [0.1, 0.15) is 5.60 Å². The maximum Gasteiger partial charge on any atom is 0.410 e. The predicted molar refractivity (Wildman–Crippen MR) is 99.8 cm³/mol. The van der Waals surface area contributed by atoms with Crippen LogP contribution in [0.25, 0.3) is 0 Å². The molecule has 2 rings (SSSR count). The number of nitrogens with one attached hydrogen (secondary N) is 1. The molecule has 1 aliphatic heterocycles. The summed E-state index contributed by atoms with van der Waals surface area (Å²) in [5, 5.41) is 3.66. The van der Waals surface area contributed by atoms with Crippen LogP contribution in [0, 0.1) is 0 Å². The fourth-order valence-corrected chi connectivity index (χ4v) is 2.96. The molecule has 0 aromatic heterocycles. The Balaban J connectivity index is 1.95. The number of para-hydroxylation sites is 2. The highest BCUT2D eigenvalue weighted by atomic mass is 16.6. The van der Waals surface area contributed by atoms with E-state index in [0.29, 0.717) is 6.04 Å². The monoisotopic (exact) mass is 333 g/mol. The maximum absolute atomic E-state index is 12.3. The number of anilines is 2. The molecule has 1 fully saturated rings. The van der Waals surface area contributed by atoms with Gasteiger partial charge in [0.15, 0.2) is 0 Å². The first-order chi connectivity index (χ1) is 11.3. The number of hydrogen-bond donors (Lipinski definition) is 1. The molecule has 1 aromatic carbocycles. The average molecular weight is 333 g/mol. The fourth-order valence-electron chi connectivity index (χ4n) is 2.96. The molecule has 1 amide bonds. The van der Waals surface area contributed by atoms with Crippen molar-refractivity contribution in [1.82, 2.24) is 4.90 Å². The summed E-state index contributed by atoms with van der Waals surface area (Å²) in [6, 6.07) is 8.72. The number of carbonyl (C=O) groups excluding carboxylic acids is 1. The predicted octanol–water partition coefficient (Wildman–Crippen LogP) is 3.95. The van der Waals surface area contributed by atoms with Crippen LogP contribution in [0.4, 0.5) is 16.2 Å². The van der Waals surface area contributed by atoms with Gasteiger partial charge < -0.3 is 19.9 Å². The van der Waals surface area contributed by atoms with Crippen LogP contribution in [-0.2, 0) is 4.74 Å². The molecule has 5 heteroatoms. The number of ether oxygens (including phenoxy) is 1. The molecule has 134 valence electrons. The zero-order valence-electron chi connectivity index (χ0n) is 15.6. The molecular weight excluding hydrogens is 302 g/mol. The van der Waals surface area contributed by atoms with Crippen molar-refractivity contribution in [3.05, 3.63) is 24.3 Å². The molecule has 1 heterocycles. The van der Waals surface area contributed by atoms with Gasteiger partial charge in [-0.2, -0.15) is 0 Å². The lowest BCUT2D eigenvalue weighted by Gasteiger charge is -2.26. The third-order valence-electron chi connectivity index (χ3n) is 4.13. The van der Waals surface area contributed by atoms with E-state index in [4.69, 9.17) is 4.74 Å². The summed E-state index contributed by atoms with van der Waals surface area (Å²) in [5.41, 5.74) is 1.90. The lowest BCUT2D eigenvalue weighted by Crippen LogP contribution is -2.37. The second kappa shape index (κ2) is 7.77. The van der Waals surface area contributed by atoms with Gasteiger partial charge in [-0.15, -0.1) is 0 Å². The number of nitrogens with zero attached hydrogens (tertiary/aromatic N) is 2. The average Bonchev–Trinajstić information content (AvgIpc) is 2.71. The van der Waals surface area contributed by atoms with Crippen molar-refractivity contribution in [2.24, 2.45) is 0 Å². The lowest BCUT2D eigenvalue weighted by molar-refractivity contribution is 0.0256. The highest BCUT2D eigenvalue weighted by Gasteiger charge is 2.25. The quantitative estimate of drug-likeness (QED) is 0.909. The Kier molecular flexibility index (Phi) is 5.97. The smallest absolute Gasteiger partial charge is 0.410 e. The van der Waals surface area contributed by atoms with Crippen LogP contribution in [0.15, 0.2) is 24.3 Å². The molecule has 1 saturated heterocycles. The van der Waals surface area contributed by atoms with Gasteiger partial charge in [-0.3, -0.25) is 0 Å². The largest absolute Gasteiger partial charge is 0.444 e. The summed E-state index contributed by atoms with van der Waals surface area (Å²) < 4.78 is 5.50. The molecule has 1 aliphatic rings. The van der Waals surface area contributed by atoms with Gasteiger partial charge in [0.05, 0.1) is 11.4 Å². The Morgan fingerprint density at radius 1 is 1.21 bits per heavy atom. The van der Waals surface area contributed by atoms with Crippen molar-refractivity contribution in [3.63, 3.8) is 0 Å². The van der Waals surface area contributed by atoms with Crippen molar-refractivity contribution in [1.29, 1.82) is 0 Å². The number of hydrogen-bond acceptors (Lipinski definition) is 4. The summed E-state index contributed by atoms with van der Waals surface area (Å²) in [7, 11) is 4.11. The molecule has 1 atom stereocenters. The van der Waals surface area contributed by atoms with Gasteiger partial charge in [-0.25, -0.2) is 4.79 Å². The van der Waals surface area contributed by atoms with Crippen molar-refractivity contribution in [2.45, 2.75) is 51.7 Å². The van der Waals surface area contributed by atoms with Gasteiger partial charge in [-0.05, 0) is 52.2 Å². The molecule has 24 heavy (non-hydrogen) atoms. The minimum atomic E-state index is -0.439. The number of carbonyl (C=O) groups is 1. The van der Waals surface area contributed by atoms with Crippen molar-refractivity contribution in [2.75, 3.05) is 37.4 Å². The molecule has 1 N–H and O–H groups in total. The van der Waals surface area contributed by atoms with Crippen molar-refractivity contribution in [3.8, 4) is 0 Å². The fraction of sp³-hybridized carbons (Fsp3) is 0.632. The molecule has 0 spiro atoms. The molecule has 0 bridgehead atoms. The van der Waals surface area contributed by atoms with Crippen LogP contribution >= 0.6 is 0 Å². The molecule has 1 unspecified atom stereocenters. The Labute approximate surface area is 146 Å². The molecule has 5 nitrogen and oxygen atoms in total. The standard InChI is InChI=1S/C19H31N3O2/c1-19(2,3)24-18(23)22-13-8-9-15(12-14-22)20-16-10-6-7-11-17(16)21(4)5/h6-7,10-11,15,20H,8-9,12-14H2,1-5H3. The Morgan fingerprint density at radius 2 is 1.92 bits per heavy atom. The van der Waals surface area contributed by atoms with E-state index in [9.17, 15) is 4.79 Å². The minimum absolute atomic E-state index is 0.197. The summed E-state index contributed by atoms with van der Waals surface area (Å²) in [6.45, 7) is 7.22. The van der Waals surface area contributed by atoms with Crippen LogP contribution in [0.1, 0.15) is 40.0 Å². The van der Waals surface area contributed by atoms with Crippen LogP contribution < -0.4 is 10.2 Å². The number of benzene rings is 1. The third kappa shape index (κ3) is 5.32. The first kappa shape index (κ1) is 18.4. The SMILES string of the molecule is CN(C)c1ccccc1NC1CCCN(C(=O)OC(C)(C)C)CC1. The third-order valence-corrected chi connectivity index (χ3v) is 4.13. The second-order valence-corrected chi connectivity index (χ2v) is 7.65. The minimum Gasteiger partial charge on any atom is -0.444 e. The summed E-state index contributed by atoms with van der Waals surface area (Å²) in [5.74, 6) is 0. The van der Waals surface area contributed by atoms with Crippen LogP contribution in [0.3, 0.4) is 0 Å². The summed E-state index contributed by atoms with van der Waals surface area (Å²) >= 11 is 0. The van der Waals surface area contributed by atoms with Crippen molar-refractivity contribution >= 4 is 17.5 Å². The maximum atomic E-state index is 12.3. The van der Waals surface area contributed by atoms with Gasteiger partial charge in [0, 0.05) is 33.2 Å². The highest BCUT2D eigenvalue weighted by molar-refractivity contribution is 5.70. The van der Waals surface area contributed by atoms with E-state index in [1.54, 1.807) is 0 Å². The zero-order chi connectivity index (χ0) is 17.7.